The van der Waals surface area contributed by atoms with E-state index in [1.165, 1.54) is 25.1 Å². The third kappa shape index (κ3) is 5.27. The van der Waals surface area contributed by atoms with Crippen LogP contribution in [0.15, 0.2) is 42.5 Å². The van der Waals surface area contributed by atoms with Gasteiger partial charge in [-0.2, -0.15) is 0 Å². The normalized spacial score (nSPS) is 11.5. The second-order valence-electron chi connectivity index (χ2n) is 5.54. The molecule has 0 aliphatic heterocycles. The van der Waals surface area contributed by atoms with E-state index in [0.29, 0.717) is 12.4 Å². The Hall–Kier alpha value is -2.96. The van der Waals surface area contributed by atoms with Crippen LogP contribution in [0.1, 0.15) is 30.6 Å². The van der Waals surface area contributed by atoms with E-state index in [0.717, 1.165) is 18.6 Å². The Morgan fingerprint density at radius 3 is 2.38 bits per heavy atom. The first-order valence-electron chi connectivity index (χ1n) is 8.10. The van der Waals surface area contributed by atoms with Crippen molar-refractivity contribution in [2.75, 3.05) is 11.9 Å². The maximum Gasteiger partial charge on any atom is 0.338 e. The summed E-state index contributed by atoms with van der Waals surface area (Å²) in [7, 11) is 0. The van der Waals surface area contributed by atoms with Crippen LogP contribution in [-0.4, -0.2) is 24.6 Å². The first kappa shape index (κ1) is 19.4. The molecule has 5 nitrogen and oxygen atoms in total. The molecule has 2 aromatic carbocycles. The molecule has 0 saturated carbocycles. The van der Waals surface area contributed by atoms with Crippen molar-refractivity contribution in [1.29, 1.82) is 0 Å². The number of halogens is 2. The average Bonchev–Trinajstić information content (AvgIpc) is 2.63. The summed E-state index contributed by atoms with van der Waals surface area (Å²) >= 11 is 0. The summed E-state index contributed by atoms with van der Waals surface area (Å²) in [5.74, 6) is -2.81. The van der Waals surface area contributed by atoms with Crippen molar-refractivity contribution in [3.63, 3.8) is 0 Å². The predicted molar refractivity (Wildman–Crippen MR) is 92.1 cm³/mol. The Labute approximate surface area is 149 Å². The van der Waals surface area contributed by atoms with Crippen molar-refractivity contribution in [3.05, 3.63) is 59.7 Å². The molecule has 2 aromatic rings. The first-order chi connectivity index (χ1) is 12.4. The number of hydrogen-bond acceptors (Lipinski definition) is 4. The topological polar surface area (TPSA) is 64.6 Å². The van der Waals surface area contributed by atoms with Crippen molar-refractivity contribution in [2.24, 2.45) is 0 Å². The van der Waals surface area contributed by atoms with Crippen LogP contribution < -0.4 is 10.1 Å². The molecule has 0 aromatic heterocycles. The molecule has 0 spiro atoms. The van der Waals surface area contributed by atoms with Gasteiger partial charge < -0.3 is 14.8 Å². The van der Waals surface area contributed by atoms with Crippen LogP contribution in [0.4, 0.5) is 14.5 Å². The van der Waals surface area contributed by atoms with E-state index in [1.54, 1.807) is 12.1 Å². The molecule has 0 bridgehead atoms. The fourth-order valence-corrected chi connectivity index (χ4v) is 2.01. The number of hydrogen-bond donors (Lipinski definition) is 1. The van der Waals surface area contributed by atoms with Crippen molar-refractivity contribution >= 4 is 17.6 Å². The SMILES string of the molecule is CCCOc1ccc(C(=O)O[C@H](C)C(=O)Nc2ccc(F)c(F)c2)cc1. The van der Waals surface area contributed by atoms with Crippen LogP contribution in [0.25, 0.3) is 0 Å². The standard InChI is InChI=1S/C19H19F2NO4/c1-3-10-25-15-7-4-13(5-8-15)19(24)26-12(2)18(23)22-14-6-9-16(20)17(21)11-14/h4-9,11-12H,3,10H2,1-2H3,(H,22,23)/t12-/m1/s1. The first-order valence-corrected chi connectivity index (χ1v) is 8.10. The highest BCUT2D eigenvalue weighted by Crippen LogP contribution is 2.16. The lowest BCUT2D eigenvalue weighted by Crippen LogP contribution is -2.30. The minimum atomic E-state index is -1.12. The largest absolute Gasteiger partial charge is 0.494 e. The molecular formula is C19H19F2NO4. The van der Waals surface area contributed by atoms with Gasteiger partial charge >= 0.3 is 5.97 Å². The smallest absolute Gasteiger partial charge is 0.338 e. The van der Waals surface area contributed by atoms with Crippen LogP contribution >= 0.6 is 0 Å². The molecule has 0 fully saturated rings. The lowest BCUT2D eigenvalue weighted by molar-refractivity contribution is -0.123. The van der Waals surface area contributed by atoms with Gasteiger partial charge in [0.15, 0.2) is 17.7 Å². The van der Waals surface area contributed by atoms with Gasteiger partial charge in [0.25, 0.3) is 5.91 Å². The van der Waals surface area contributed by atoms with Gasteiger partial charge in [0.1, 0.15) is 5.75 Å². The van der Waals surface area contributed by atoms with Crippen LogP contribution in [-0.2, 0) is 9.53 Å². The van der Waals surface area contributed by atoms with Crippen LogP contribution in [0.3, 0.4) is 0 Å². The van der Waals surface area contributed by atoms with E-state index in [2.05, 4.69) is 5.32 Å². The Bertz CT molecular complexity index is 778. The van der Waals surface area contributed by atoms with Gasteiger partial charge in [0.2, 0.25) is 0 Å². The van der Waals surface area contributed by atoms with Gasteiger partial charge in [-0.3, -0.25) is 4.79 Å². The number of carbonyl (C=O) groups is 2. The molecule has 138 valence electrons. The van der Waals surface area contributed by atoms with Crippen molar-refractivity contribution in [2.45, 2.75) is 26.4 Å². The van der Waals surface area contributed by atoms with Crippen molar-refractivity contribution < 1.29 is 27.8 Å². The summed E-state index contributed by atoms with van der Waals surface area (Å²) in [6.07, 6.45) is -0.249. The Balaban J connectivity index is 1.92. The van der Waals surface area contributed by atoms with Gasteiger partial charge in [0, 0.05) is 11.8 Å². The number of rotatable bonds is 7. The van der Waals surface area contributed by atoms with Gasteiger partial charge in [-0.05, 0) is 49.7 Å². The molecule has 1 atom stereocenters. The van der Waals surface area contributed by atoms with E-state index < -0.39 is 29.6 Å². The van der Waals surface area contributed by atoms with Crippen LogP contribution in [0.2, 0.25) is 0 Å². The van der Waals surface area contributed by atoms with Crippen molar-refractivity contribution in [3.8, 4) is 5.75 Å². The summed E-state index contributed by atoms with van der Waals surface area (Å²) in [5, 5.41) is 2.36. The second-order valence-corrected chi connectivity index (χ2v) is 5.54. The van der Waals surface area contributed by atoms with Gasteiger partial charge in [-0.15, -0.1) is 0 Å². The number of ether oxygens (including phenoxy) is 2. The number of nitrogens with one attached hydrogen (secondary N) is 1. The highest BCUT2D eigenvalue weighted by molar-refractivity contribution is 5.97. The molecule has 0 aliphatic rings. The summed E-state index contributed by atoms with van der Waals surface area (Å²) in [5.41, 5.74) is 0.329. The minimum Gasteiger partial charge on any atom is -0.494 e. The van der Waals surface area contributed by atoms with E-state index in [1.807, 2.05) is 6.92 Å². The lowest BCUT2D eigenvalue weighted by Gasteiger charge is -2.14. The molecule has 1 N–H and O–H groups in total. The zero-order valence-corrected chi connectivity index (χ0v) is 14.4. The van der Waals surface area contributed by atoms with E-state index in [-0.39, 0.29) is 11.3 Å². The second kappa shape index (κ2) is 8.94. The van der Waals surface area contributed by atoms with Crippen molar-refractivity contribution in [1.82, 2.24) is 0 Å². The van der Waals surface area contributed by atoms with Crippen LogP contribution in [0, 0.1) is 11.6 Å². The van der Waals surface area contributed by atoms with Crippen LogP contribution in [0.5, 0.6) is 5.75 Å². The number of esters is 1. The fraction of sp³-hybridized carbons (Fsp3) is 0.263. The molecule has 0 aliphatic carbocycles. The van der Waals surface area contributed by atoms with Gasteiger partial charge in [-0.1, -0.05) is 6.92 Å². The maximum atomic E-state index is 13.2. The minimum absolute atomic E-state index is 0.0641. The molecule has 26 heavy (non-hydrogen) atoms. The summed E-state index contributed by atoms with van der Waals surface area (Å²) in [4.78, 5) is 24.1. The summed E-state index contributed by atoms with van der Waals surface area (Å²) < 4.78 is 36.5. The highest BCUT2D eigenvalue weighted by atomic mass is 19.2. The summed E-state index contributed by atoms with van der Waals surface area (Å²) in [6.45, 7) is 3.94. The predicted octanol–water partition coefficient (Wildman–Crippen LogP) is 3.94. The number of carbonyl (C=O) groups excluding carboxylic acids is 2. The zero-order valence-electron chi connectivity index (χ0n) is 14.4. The number of benzene rings is 2. The van der Waals surface area contributed by atoms with Gasteiger partial charge in [-0.25, -0.2) is 13.6 Å². The Kier molecular flexibility index (Phi) is 6.66. The van der Waals surface area contributed by atoms with E-state index in [4.69, 9.17) is 9.47 Å². The molecule has 0 heterocycles. The molecule has 0 unspecified atom stereocenters. The number of anilines is 1. The summed E-state index contributed by atoms with van der Waals surface area (Å²) in [6, 6.07) is 9.29. The monoisotopic (exact) mass is 363 g/mol. The third-order valence-electron chi connectivity index (χ3n) is 3.40. The molecule has 0 saturated heterocycles. The zero-order chi connectivity index (χ0) is 19.1. The average molecular weight is 363 g/mol. The lowest BCUT2D eigenvalue weighted by atomic mass is 10.2. The molecule has 1 amide bonds. The van der Waals surface area contributed by atoms with E-state index >= 15 is 0 Å². The fourth-order valence-electron chi connectivity index (χ4n) is 2.01. The molecule has 7 heteroatoms. The molecule has 2 rings (SSSR count). The quantitative estimate of drug-likeness (QED) is 0.757. The Morgan fingerprint density at radius 2 is 1.77 bits per heavy atom. The third-order valence-corrected chi connectivity index (χ3v) is 3.40. The molecule has 0 radical (unpaired) electrons. The highest BCUT2D eigenvalue weighted by Gasteiger charge is 2.19. The molecular weight excluding hydrogens is 344 g/mol. The van der Waals surface area contributed by atoms with Gasteiger partial charge in [0.05, 0.1) is 12.2 Å². The Morgan fingerprint density at radius 1 is 1.08 bits per heavy atom. The van der Waals surface area contributed by atoms with E-state index in [9.17, 15) is 18.4 Å². The number of amides is 1. The maximum absolute atomic E-state index is 13.2.